The molecular weight excluding hydrogens is 206 g/mol. The van der Waals surface area contributed by atoms with Crippen molar-refractivity contribution in [1.82, 2.24) is 4.90 Å². The average molecular weight is 229 g/mol. The van der Waals surface area contributed by atoms with Gasteiger partial charge in [-0.25, -0.2) is 0 Å². The van der Waals surface area contributed by atoms with Crippen molar-refractivity contribution in [2.24, 2.45) is 0 Å². The fourth-order valence-electron chi connectivity index (χ4n) is 2.48. The second-order valence-corrected chi connectivity index (χ2v) is 4.48. The standard InChI is InChI=1S/C12H23NO3/c1-4-13(9(3)6-12(14)15)10-7-11(8-10)16-5-2/h9-11H,4-8H2,1-3H3,(H,14,15). The molecule has 94 valence electrons. The summed E-state index contributed by atoms with van der Waals surface area (Å²) < 4.78 is 5.52. The Balaban J connectivity index is 2.35. The first-order valence-electron chi connectivity index (χ1n) is 6.17. The minimum absolute atomic E-state index is 0.120. The third kappa shape index (κ3) is 3.46. The van der Waals surface area contributed by atoms with Crippen molar-refractivity contribution in [3.05, 3.63) is 0 Å². The van der Waals surface area contributed by atoms with Gasteiger partial charge in [-0.2, -0.15) is 0 Å². The monoisotopic (exact) mass is 229 g/mol. The molecule has 1 saturated carbocycles. The molecule has 1 N–H and O–H groups in total. The van der Waals surface area contributed by atoms with Crippen LogP contribution in [0.3, 0.4) is 0 Å². The molecule has 0 amide bonds. The minimum atomic E-state index is -0.716. The van der Waals surface area contributed by atoms with E-state index in [1.54, 1.807) is 0 Å². The molecule has 4 heteroatoms. The Hall–Kier alpha value is -0.610. The van der Waals surface area contributed by atoms with Crippen LogP contribution in [0.2, 0.25) is 0 Å². The second-order valence-electron chi connectivity index (χ2n) is 4.48. The third-order valence-corrected chi connectivity index (χ3v) is 3.34. The fourth-order valence-corrected chi connectivity index (χ4v) is 2.48. The fraction of sp³-hybridized carbons (Fsp3) is 0.917. The normalized spacial score (nSPS) is 26.5. The van der Waals surface area contributed by atoms with Crippen LogP contribution in [-0.2, 0) is 9.53 Å². The molecule has 0 spiro atoms. The maximum Gasteiger partial charge on any atom is 0.304 e. The van der Waals surface area contributed by atoms with Crippen molar-refractivity contribution >= 4 is 5.97 Å². The van der Waals surface area contributed by atoms with Crippen LogP contribution in [0.5, 0.6) is 0 Å². The van der Waals surface area contributed by atoms with Gasteiger partial charge in [0.25, 0.3) is 0 Å². The van der Waals surface area contributed by atoms with E-state index in [2.05, 4.69) is 11.8 Å². The lowest BCUT2D eigenvalue weighted by Crippen LogP contribution is -2.51. The van der Waals surface area contributed by atoms with Crippen molar-refractivity contribution in [2.75, 3.05) is 13.2 Å². The quantitative estimate of drug-likeness (QED) is 0.722. The number of ether oxygens (including phenoxy) is 1. The van der Waals surface area contributed by atoms with Gasteiger partial charge in [-0.1, -0.05) is 6.92 Å². The van der Waals surface area contributed by atoms with Crippen LogP contribution in [0, 0.1) is 0 Å². The van der Waals surface area contributed by atoms with Crippen LogP contribution in [-0.4, -0.2) is 47.3 Å². The maximum atomic E-state index is 10.7. The molecule has 0 aliphatic heterocycles. The number of carboxylic acids is 1. The van der Waals surface area contributed by atoms with Crippen LogP contribution < -0.4 is 0 Å². The number of nitrogens with zero attached hydrogens (tertiary/aromatic N) is 1. The Labute approximate surface area is 97.6 Å². The molecule has 16 heavy (non-hydrogen) atoms. The molecule has 4 nitrogen and oxygen atoms in total. The van der Waals surface area contributed by atoms with Crippen molar-refractivity contribution < 1.29 is 14.6 Å². The van der Waals surface area contributed by atoms with Gasteiger partial charge in [0.1, 0.15) is 0 Å². The molecule has 1 atom stereocenters. The predicted octanol–water partition coefficient (Wildman–Crippen LogP) is 1.74. The van der Waals surface area contributed by atoms with Crippen molar-refractivity contribution in [1.29, 1.82) is 0 Å². The highest BCUT2D eigenvalue weighted by atomic mass is 16.5. The first-order chi connectivity index (χ1) is 7.58. The molecule has 0 aromatic rings. The molecule has 1 rings (SSSR count). The van der Waals surface area contributed by atoms with E-state index in [9.17, 15) is 4.79 Å². The zero-order chi connectivity index (χ0) is 12.1. The van der Waals surface area contributed by atoms with Gasteiger partial charge in [-0.05, 0) is 33.2 Å². The highest BCUT2D eigenvalue weighted by Crippen LogP contribution is 2.30. The second kappa shape index (κ2) is 6.21. The van der Waals surface area contributed by atoms with E-state index in [-0.39, 0.29) is 12.5 Å². The van der Waals surface area contributed by atoms with Gasteiger partial charge in [-0.15, -0.1) is 0 Å². The number of hydrogen-bond acceptors (Lipinski definition) is 3. The van der Waals surface area contributed by atoms with Gasteiger partial charge in [0.05, 0.1) is 12.5 Å². The number of aliphatic carboxylic acids is 1. The van der Waals surface area contributed by atoms with Crippen LogP contribution in [0.4, 0.5) is 0 Å². The minimum Gasteiger partial charge on any atom is -0.481 e. The van der Waals surface area contributed by atoms with Gasteiger partial charge < -0.3 is 9.84 Å². The highest BCUT2D eigenvalue weighted by molar-refractivity contribution is 5.67. The Bertz CT molecular complexity index is 226. The molecule has 0 heterocycles. The third-order valence-electron chi connectivity index (χ3n) is 3.34. The Morgan fingerprint density at radius 2 is 2.12 bits per heavy atom. The lowest BCUT2D eigenvalue weighted by molar-refractivity contribution is -0.139. The van der Waals surface area contributed by atoms with E-state index in [1.807, 2.05) is 13.8 Å². The summed E-state index contributed by atoms with van der Waals surface area (Å²) in [4.78, 5) is 13.0. The zero-order valence-electron chi connectivity index (χ0n) is 10.5. The zero-order valence-corrected chi connectivity index (χ0v) is 10.5. The van der Waals surface area contributed by atoms with Gasteiger partial charge in [-0.3, -0.25) is 9.69 Å². The van der Waals surface area contributed by atoms with E-state index in [0.29, 0.717) is 12.1 Å². The molecule has 0 aromatic heterocycles. The number of hydrogen-bond donors (Lipinski definition) is 1. The molecule has 0 aromatic carbocycles. The van der Waals surface area contributed by atoms with Gasteiger partial charge in [0, 0.05) is 18.7 Å². The molecule has 1 aliphatic carbocycles. The van der Waals surface area contributed by atoms with Crippen molar-refractivity contribution in [2.45, 2.75) is 58.2 Å². The summed E-state index contributed by atoms with van der Waals surface area (Å²) in [6.07, 6.45) is 2.71. The first kappa shape index (κ1) is 13.5. The molecular formula is C12H23NO3. The van der Waals surface area contributed by atoms with Crippen molar-refractivity contribution in [3.8, 4) is 0 Å². The predicted molar refractivity (Wildman–Crippen MR) is 62.5 cm³/mol. The number of carbonyl (C=O) groups is 1. The highest BCUT2D eigenvalue weighted by Gasteiger charge is 2.35. The molecule has 0 radical (unpaired) electrons. The smallest absolute Gasteiger partial charge is 0.304 e. The summed E-state index contributed by atoms with van der Waals surface area (Å²) in [5, 5.41) is 8.79. The molecule has 0 bridgehead atoms. The Morgan fingerprint density at radius 1 is 1.50 bits per heavy atom. The van der Waals surface area contributed by atoms with Crippen LogP contribution in [0.25, 0.3) is 0 Å². The largest absolute Gasteiger partial charge is 0.481 e. The number of carboxylic acid groups (broad SMARTS) is 1. The Kier molecular flexibility index (Phi) is 5.22. The summed E-state index contributed by atoms with van der Waals surface area (Å²) in [5.74, 6) is -0.716. The van der Waals surface area contributed by atoms with Crippen LogP contribution in [0.15, 0.2) is 0 Å². The van der Waals surface area contributed by atoms with E-state index in [0.717, 1.165) is 26.0 Å². The van der Waals surface area contributed by atoms with E-state index in [4.69, 9.17) is 9.84 Å². The van der Waals surface area contributed by atoms with E-state index < -0.39 is 5.97 Å². The molecule has 1 aliphatic rings. The summed E-state index contributed by atoms with van der Waals surface area (Å²) in [7, 11) is 0. The van der Waals surface area contributed by atoms with Crippen molar-refractivity contribution in [3.63, 3.8) is 0 Å². The van der Waals surface area contributed by atoms with E-state index in [1.165, 1.54) is 0 Å². The summed E-state index contributed by atoms with van der Waals surface area (Å²) >= 11 is 0. The Morgan fingerprint density at radius 3 is 2.56 bits per heavy atom. The van der Waals surface area contributed by atoms with Gasteiger partial charge in [0.2, 0.25) is 0 Å². The van der Waals surface area contributed by atoms with Gasteiger partial charge in [0.15, 0.2) is 0 Å². The summed E-state index contributed by atoms with van der Waals surface area (Å²) in [6.45, 7) is 7.78. The molecule has 0 saturated heterocycles. The molecule has 1 fully saturated rings. The lowest BCUT2D eigenvalue weighted by Gasteiger charge is -2.44. The van der Waals surface area contributed by atoms with Crippen LogP contribution in [0.1, 0.15) is 40.0 Å². The molecule has 1 unspecified atom stereocenters. The maximum absolute atomic E-state index is 10.7. The van der Waals surface area contributed by atoms with Crippen LogP contribution >= 0.6 is 0 Å². The first-order valence-corrected chi connectivity index (χ1v) is 6.17. The summed E-state index contributed by atoms with van der Waals surface area (Å²) in [5.41, 5.74) is 0. The SMILES string of the molecule is CCOC1CC(N(CC)C(C)CC(=O)O)C1. The van der Waals surface area contributed by atoms with E-state index >= 15 is 0 Å². The average Bonchev–Trinajstić information content (AvgIpc) is 2.13. The topological polar surface area (TPSA) is 49.8 Å². The lowest BCUT2D eigenvalue weighted by atomic mass is 9.86. The van der Waals surface area contributed by atoms with Gasteiger partial charge >= 0.3 is 5.97 Å². The number of rotatable bonds is 7. The summed E-state index contributed by atoms with van der Waals surface area (Å²) in [6, 6.07) is 0.631.